The maximum atomic E-state index is 12.4. The van der Waals surface area contributed by atoms with Gasteiger partial charge in [-0.15, -0.1) is 0 Å². The van der Waals surface area contributed by atoms with E-state index in [9.17, 15) is 13.2 Å². The molecule has 0 aromatic carbocycles. The van der Waals surface area contributed by atoms with E-state index in [0.29, 0.717) is 12.0 Å². The minimum Gasteiger partial charge on any atom is -0.313 e. The second-order valence-electron chi connectivity index (χ2n) is 6.71. The molecular weight excluding hydrogens is 349 g/mol. The smallest absolute Gasteiger partial charge is 0.313 e. The second kappa shape index (κ2) is 14.0. The zero-order chi connectivity index (χ0) is 20.9. The summed E-state index contributed by atoms with van der Waals surface area (Å²) in [5, 5.41) is 3.40. The molecule has 1 rings (SSSR count). The van der Waals surface area contributed by atoms with Crippen molar-refractivity contribution >= 4 is 0 Å². The van der Waals surface area contributed by atoms with Gasteiger partial charge in [-0.05, 0) is 63.4 Å². The molecule has 1 unspecified atom stereocenters. The van der Waals surface area contributed by atoms with Crippen LogP contribution in [0, 0.1) is 5.92 Å². The number of alkyl halides is 3. The first kappa shape index (κ1) is 25.9. The zero-order valence-electron chi connectivity index (χ0n) is 17.8. The van der Waals surface area contributed by atoms with Crippen LogP contribution in [0.1, 0.15) is 59.8 Å². The van der Waals surface area contributed by atoms with Crippen molar-refractivity contribution in [2.75, 3.05) is 26.7 Å². The summed E-state index contributed by atoms with van der Waals surface area (Å²) in [5.74, 6) is 0.388. The molecule has 5 heteroatoms. The number of likely N-dealkylation sites (tertiary alicyclic amines) is 1. The molecule has 1 saturated heterocycles. The highest BCUT2D eigenvalue weighted by atomic mass is 19.4. The first-order valence-electron chi connectivity index (χ1n) is 10.3. The van der Waals surface area contributed by atoms with Crippen LogP contribution in [-0.4, -0.2) is 43.8 Å². The number of nitrogens with one attached hydrogen (secondary N) is 1. The van der Waals surface area contributed by atoms with E-state index in [1.165, 1.54) is 11.1 Å². The molecular formula is C22H39F3N2. The van der Waals surface area contributed by atoms with Crippen molar-refractivity contribution in [3.8, 4) is 0 Å². The van der Waals surface area contributed by atoms with E-state index in [1.807, 2.05) is 31.9 Å². The predicted octanol–water partition coefficient (Wildman–Crippen LogP) is 6.12. The molecule has 27 heavy (non-hydrogen) atoms. The van der Waals surface area contributed by atoms with Gasteiger partial charge in [-0.1, -0.05) is 52.0 Å². The summed E-state index contributed by atoms with van der Waals surface area (Å²) >= 11 is 0. The molecule has 1 fully saturated rings. The summed E-state index contributed by atoms with van der Waals surface area (Å²) in [4.78, 5) is 1.94. The number of rotatable bonds is 9. The molecule has 1 aliphatic heterocycles. The Bertz CT molecular complexity index is 459. The predicted molar refractivity (Wildman–Crippen MR) is 111 cm³/mol. The molecule has 158 valence electrons. The standard InChI is InChI=1S/C20H33F3N2.C2H6/c1-5-8-18(17(7-3)19(24-4)9-6-2)16-10-13-25(14-11-16)15-12-20(21,22)23;1-2/h5,7-8,16,19,24H,1,6,9-15H2,2-4H3;1-2H3/b17-7+,18-8-;. The minimum atomic E-state index is -4.07. The fourth-order valence-corrected chi connectivity index (χ4v) is 3.66. The van der Waals surface area contributed by atoms with E-state index in [0.717, 1.165) is 38.8 Å². The van der Waals surface area contributed by atoms with E-state index in [1.54, 1.807) is 0 Å². The first-order chi connectivity index (χ1) is 12.9. The average molecular weight is 389 g/mol. The largest absolute Gasteiger partial charge is 0.390 e. The van der Waals surface area contributed by atoms with Crippen molar-refractivity contribution in [3.05, 3.63) is 36.0 Å². The number of nitrogens with zero attached hydrogens (tertiary/aromatic N) is 1. The quantitative estimate of drug-likeness (QED) is 0.478. The van der Waals surface area contributed by atoms with Gasteiger partial charge in [0.2, 0.25) is 0 Å². The summed E-state index contributed by atoms with van der Waals surface area (Å²) in [7, 11) is 1.98. The Morgan fingerprint density at radius 1 is 1.26 bits per heavy atom. The molecule has 0 radical (unpaired) electrons. The van der Waals surface area contributed by atoms with Gasteiger partial charge in [-0.3, -0.25) is 0 Å². The lowest BCUT2D eigenvalue weighted by molar-refractivity contribution is -0.138. The summed E-state index contributed by atoms with van der Waals surface area (Å²) < 4.78 is 37.2. The third-order valence-electron chi connectivity index (χ3n) is 4.98. The van der Waals surface area contributed by atoms with Gasteiger partial charge in [-0.25, -0.2) is 0 Å². The van der Waals surface area contributed by atoms with Crippen LogP contribution in [0.15, 0.2) is 36.0 Å². The maximum Gasteiger partial charge on any atom is 0.390 e. The summed E-state index contributed by atoms with van der Waals surface area (Å²) in [5.41, 5.74) is 2.60. The molecule has 1 heterocycles. The first-order valence-corrected chi connectivity index (χ1v) is 10.3. The zero-order valence-corrected chi connectivity index (χ0v) is 17.8. The van der Waals surface area contributed by atoms with Crippen LogP contribution in [-0.2, 0) is 0 Å². The van der Waals surface area contributed by atoms with Crippen LogP contribution >= 0.6 is 0 Å². The van der Waals surface area contributed by atoms with Crippen molar-refractivity contribution in [2.24, 2.45) is 5.92 Å². The van der Waals surface area contributed by atoms with Crippen LogP contribution < -0.4 is 5.32 Å². The molecule has 0 amide bonds. The SMILES string of the molecule is C=C/C=C(\C(=C/C)C(CCC)NC)C1CCN(CCC(F)(F)F)CC1.CC. The van der Waals surface area contributed by atoms with Gasteiger partial charge in [-0.2, -0.15) is 13.2 Å². The van der Waals surface area contributed by atoms with Gasteiger partial charge in [0.05, 0.1) is 6.42 Å². The Morgan fingerprint density at radius 3 is 2.26 bits per heavy atom. The topological polar surface area (TPSA) is 15.3 Å². The molecule has 1 aliphatic rings. The lowest BCUT2D eigenvalue weighted by Crippen LogP contribution is -2.38. The van der Waals surface area contributed by atoms with E-state index in [2.05, 4.69) is 37.9 Å². The van der Waals surface area contributed by atoms with Gasteiger partial charge in [0.1, 0.15) is 0 Å². The fraction of sp³-hybridized carbons (Fsp3) is 0.727. The highest BCUT2D eigenvalue weighted by molar-refractivity contribution is 5.39. The van der Waals surface area contributed by atoms with Crippen LogP contribution in [0.5, 0.6) is 0 Å². The second-order valence-corrected chi connectivity index (χ2v) is 6.71. The lowest BCUT2D eigenvalue weighted by atomic mass is 9.81. The van der Waals surface area contributed by atoms with Crippen LogP contribution in [0.4, 0.5) is 13.2 Å². The fourth-order valence-electron chi connectivity index (χ4n) is 3.66. The molecule has 0 spiro atoms. The van der Waals surface area contributed by atoms with E-state index in [4.69, 9.17) is 0 Å². The Labute approximate surface area is 164 Å². The molecule has 1 atom stereocenters. The highest BCUT2D eigenvalue weighted by Gasteiger charge is 2.30. The van der Waals surface area contributed by atoms with Crippen molar-refractivity contribution in [1.82, 2.24) is 10.2 Å². The van der Waals surface area contributed by atoms with Gasteiger partial charge in [0, 0.05) is 12.6 Å². The number of halogens is 3. The third kappa shape index (κ3) is 9.61. The number of allylic oxidation sites excluding steroid dienone is 3. The van der Waals surface area contributed by atoms with Crippen LogP contribution in [0.25, 0.3) is 0 Å². The number of hydrogen-bond donors (Lipinski definition) is 1. The van der Waals surface area contributed by atoms with Gasteiger partial charge >= 0.3 is 6.18 Å². The van der Waals surface area contributed by atoms with Crippen LogP contribution in [0.2, 0.25) is 0 Å². The Kier molecular flexibility index (Phi) is 13.4. The number of piperidine rings is 1. The molecule has 2 nitrogen and oxygen atoms in total. The van der Waals surface area contributed by atoms with E-state index in [-0.39, 0.29) is 6.54 Å². The molecule has 0 saturated carbocycles. The molecule has 0 aliphatic carbocycles. The van der Waals surface area contributed by atoms with Crippen molar-refractivity contribution in [3.63, 3.8) is 0 Å². The van der Waals surface area contributed by atoms with E-state index >= 15 is 0 Å². The molecule has 0 aromatic heterocycles. The summed E-state index contributed by atoms with van der Waals surface area (Å²) in [6.45, 7) is 13.7. The Balaban J connectivity index is 0.00000326. The Morgan fingerprint density at radius 2 is 1.85 bits per heavy atom. The van der Waals surface area contributed by atoms with Crippen molar-refractivity contribution < 1.29 is 13.2 Å². The lowest BCUT2D eigenvalue weighted by Gasteiger charge is -2.35. The number of hydrogen-bond acceptors (Lipinski definition) is 2. The number of likely N-dealkylation sites (N-methyl/N-ethyl adjacent to an activating group) is 1. The van der Waals surface area contributed by atoms with Gasteiger partial charge < -0.3 is 10.2 Å². The van der Waals surface area contributed by atoms with Crippen molar-refractivity contribution in [2.45, 2.75) is 72.0 Å². The Hall–Kier alpha value is -1.07. The monoisotopic (exact) mass is 388 g/mol. The maximum absolute atomic E-state index is 12.4. The summed E-state index contributed by atoms with van der Waals surface area (Å²) in [6, 6.07) is 0.310. The highest BCUT2D eigenvalue weighted by Crippen LogP contribution is 2.33. The third-order valence-corrected chi connectivity index (χ3v) is 4.98. The molecule has 1 N–H and O–H groups in total. The van der Waals surface area contributed by atoms with Gasteiger partial charge in [0.15, 0.2) is 0 Å². The molecule has 0 bridgehead atoms. The summed E-state index contributed by atoms with van der Waals surface area (Å²) in [6.07, 6.45) is 5.26. The van der Waals surface area contributed by atoms with Gasteiger partial charge in [0.25, 0.3) is 0 Å². The van der Waals surface area contributed by atoms with E-state index < -0.39 is 12.6 Å². The molecule has 0 aromatic rings. The average Bonchev–Trinajstić information content (AvgIpc) is 2.67. The van der Waals surface area contributed by atoms with Crippen molar-refractivity contribution in [1.29, 1.82) is 0 Å². The van der Waals surface area contributed by atoms with Crippen LogP contribution in [0.3, 0.4) is 0 Å². The minimum absolute atomic E-state index is 0.113. The normalized spacial score (nSPS) is 18.7.